The molecule has 4 aromatic heterocycles. The van der Waals surface area contributed by atoms with Crippen molar-refractivity contribution < 1.29 is 39.1 Å². The molecule has 0 radical (unpaired) electrons. The molecule has 2 aliphatic rings. The number of ketones is 2. The minimum atomic E-state index is -3.79. The van der Waals surface area contributed by atoms with Crippen molar-refractivity contribution in [3.05, 3.63) is 74.4 Å². The van der Waals surface area contributed by atoms with E-state index in [1.165, 1.54) is 16.5 Å². The van der Waals surface area contributed by atoms with Crippen molar-refractivity contribution >= 4 is 78.8 Å². The molecule has 18 heteroatoms. The Morgan fingerprint density at radius 3 is 1.88 bits per heavy atom. The average molecular weight is 1020 g/mol. The van der Waals surface area contributed by atoms with E-state index >= 15 is 0 Å². The minimum absolute atomic E-state index is 0. The number of aromatic amines is 1. The first kappa shape index (κ1) is 47.3. The van der Waals surface area contributed by atoms with Gasteiger partial charge in [0.05, 0.1) is 15.7 Å². The first-order chi connectivity index (χ1) is 27.0. The molecule has 2 atom stereocenters. The normalized spacial score (nSPS) is 17.5. The first-order valence-corrected chi connectivity index (χ1v) is 23.2. The van der Waals surface area contributed by atoms with Crippen molar-refractivity contribution in [1.82, 2.24) is 38.9 Å². The summed E-state index contributed by atoms with van der Waals surface area (Å²) in [5.41, 5.74) is 2.16. The monoisotopic (exact) mass is 1020 g/mol. The number of carbonyl (C=O) groups excluding carboxylic acids is 2. The maximum Gasteiger partial charge on any atom is 0.269 e. The van der Waals surface area contributed by atoms with E-state index in [4.69, 9.17) is 0 Å². The predicted molar refractivity (Wildman–Crippen MR) is 233 cm³/mol. The van der Waals surface area contributed by atoms with Crippen LogP contribution in [0.2, 0.25) is 0 Å². The molecule has 0 spiro atoms. The van der Waals surface area contributed by atoms with Crippen LogP contribution >= 0.6 is 23.5 Å². The largest absolute Gasteiger partial charge is 0.358 e. The van der Waals surface area contributed by atoms with Crippen LogP contribution in [0.1, 0.15) is 44.1 Å². The fourth-order valence-corrected chi connectivity index (χ4v) is 9.49. The Labute approximate surface area is 365 Å². The van der Waals surface area contributed by atoms with Crippen LogP contribution in [0.4, 0.5) is 11.6 Å². The Kier molecular flexibility index (Phi) is 17.8. The molecule has 7 rings (SSSR count). The zero-order chi connectivity index (χ0) is 39.8. The number of aromatic nitrogens is 6. The molecule has 314 valence electrons. The number of anilines is 2. The standard InChI is InChI=1S/C23H29N5O3S2.C16H23N5OS.CH3.W/c1-17-6-8-19(9-7-17)33(30,31)28-13-10-20-22(24-16-25-23(20)28)26(2)27-12-4-5-18(15-27)21(29)11-14-32-3;1-20(16-13-5-7-17-15(13)18-11-19-16)21-8-3-4-12(10-21)14(22)6-9-23-2;;/h6-10,13,16,18H,4-5,11-12,14-15H2,1-3H3;5,7,11-12H,3-4,6,8-10H2,1-2H3,(H,17,18,19);1H3;/q;;-1;. The molecule has 0 amide bonds. The molecule has 5 aromatic rings. The van der Waals surface area contributed by atoms with Gasteiger partial charge in [0.1, 0.15) is 29.9 Å². The van der Waals surface area contributed by atoms with Gasteiger partial charge in [0.15, 0.2) is 17.3 Å². The summed E-state index contributed by atoms with van der Waals surface area (Å²) in [4.78, 5) is 45.7. The van der Waals surface area contributed by atoms with Crippen LogP contribution in [0.25, 0.3) is 22.1 Å². The predicted octanol–water partition coefficient (Wildman–Crippen LogP) is 6.15. The summed E-state index contributed by atoms with van der Waals surface area (Å²) >= 11 is 3.42. The van der Waals surface area contributed by atoms with Crippen LogP contribution in [0.3, 0.4) is 0 Å². The molecule has 0 aliphatic carbocycles. The SMILES string of the molecule is CSCCC(=O)C1CCCN(N(C)c2ncnc3[nH]ccc23)C1.CSCCC(=O)C1CCCN(N(C)c2ncnc3c2ccn3S(=O)(=O)c2ccc(C)cc2)C1.[CH3-].[W]. The molecule has 2 saturated heterocycles. The molecule has 58 heavy (non-hydrogen) atoms. The number of thioether (sulfide) groups is 2. The van der Waals surface area contributed by atoms with Gasteiger partial charge in [-0.1, -0.05) is 17.7 Å². The first-order valence-electron chi connectivity index (χ1n) is 19.0. The summed E-state index contributed by atoms with van der Waals surface area (Å²) < 4.78 is 27.7. The summed E-state index contributed by atoms with van der Waals surface area (Å²) in [6.45, 7) is 5.10. The molecule has 0 bridgehead atoms. The molecular weight excluding hydrogens is 965 g/mol. The number of nitrogens with zero attached hydrogens (tertiary/aromatic N) is 9. The second-order valence-corrected chi connectivity index (χ2v) is 18.1. The van der Waals surface area contributed by atoms with E-state index in [-0.39, 0.29) is 45.2 Å². The molecule has 2 unspecified atom stereocenters. The van der Waals surface area contributed by atoms with Gasteiger partial charge in [-0.05, 0) is 80.9 Å². The maximum absolute atomic E-state index is 13.2. The summed E-state index contributed by atoms with van der Waals surface area (Å²) in [7, 11) is 0.135. The Hall–Kier alpha value is -3.34. The number of benzene rings is 1. The van der Waals surface area contributed by atoms with Crippen LogP contribution in [0.15, 0.2) is 66.3 Å². The van der Waals surface area contributed by atoms with E-state index in [2.05, 4.69) is 39.9 Å². The zero-order valence-corrected chi connectivity index (χ0v) is 39.6. The van der Waals surface area contributed by atoms with E-state index in [1.54, 1.807) is 60.2 Å². The third-order valence-corrected chi connectivity index (χ3v) is 13.5. The smallest absolute Gasteiger partial charge is 0.269 e. The fourth-order valence-electron chi connectivity index (χ4n) is 7.37. The van der Waals surface area contributed by atoms with Gasteiger partial charge in [-0.15, -0.1) is 0 Å². The molecule has 2 aliphatic heterocycles. The van der Waals surface area contributed by atoms with Gasteiger partial charge in [0.25, 0.3) is 10.0 Å². The second-order valence-electron chi connectivity index (χ2n) is 14.3. The van der Waals surface area contributed by atoms with Gasteiger partial charge in [-0.2, -0.15) is 23.5 Å². The second kappa shape index (κ2) is 21.8. The minimum Gasteiger partial charge on any atom is -0.358 e. The van der Waals surface area contributed by atoms with E-state index in [1.807, 2.05) is 50.8 Å². The Morgan fingerprint density at radius 2 is 1.33 bits per heavy atom. The average Bonchev–Trinajstić information content (AvgIpc) is 3.90. The van der Waals surface area contributed by atoms with E-state index in [9.17, 15) is 18.0 Å². The van der Waals surface area contributed by atoms with E-state index in [0.29, 0.717) is 47.8 Å². The Morgan fingerprint density at radius 1 is 0.793 bits per heavy atom. The molecule has 14 nitrogen and oxygen atoms in total. The van der Waals surface area contributed by atoms with Crippen molar-refractivity contribution in [3.63, 3.8) is 0 Å². The van der Waals surface area contributed by atoms with Gasteiger partial charge in [-0.3, -0.25) is 19.6 Å². The van der Waals surface area contributed by atoms with Crippen molar-refractivity contribution in [2.45, 2.75) is 50.3 Å². The van der Waals surface area contributed by atoms with Crippen LogP contribution < -0.4 is 10.0 Å². The van der Waals surface area contributed by atoms with E-state index < -0.39 is 10.0 Å². The van der Waals surface area contributed by atoms with Crippen LogP contribution in [-0.4, -0.2) is 123 Å². The van der Waals surface area contributed by atoms with Crippen LogP contribution in [0.5, 0.6) is 0 Å². The number of hydrogen-bond acceptors (Lipinski definition) is 14. The summed E-state index contributed by atoms with van der Waals surface area (Å²) in [6, 6.07) is 10.5. The van der Waals surface area contributed by atoms with Gasteiger partial charge < -0.3 is 12.4 Å². The van der Waals surface area contributed by atoms with Gasteiger partial charge in [0, 0.05) is 98.4 Å². The Balaban J connectivity index is 0.000000263. The molecule has 0 saturated carbocycles. The number of nitrogens with one attached hydrogen (secondary N) is 1. The van der Waals surface area contributed by atoms with Crippen molar-refractivity contribution in [1.29, 1.82) is 0 Å². The van der Waals surface area contributed by atoms with Gasteiger partial charge in [-0.25, -0.2) is 42.3 Å². The van der Waals surface area contributed by atoms with E-state index in [0.717, 1.165) is 79.2 Å². The summed E-state index contributed by atoms with van der Waals surface area (Å²) in [5, 5.41) is 10.0. The maximum atomic E-state index is 13.2. The van der Waals surface area contributed by atoms with Crippen molar-refractivity contribution in [2.75, 3.05) is 74.3 Å². The van der Waals surface area contributed by atoms with Gasteiger partial charge in [0.2, 0.25) is 0 Å². The zero-order valence-electron chi connectivity index (χ0n) is 34.2. The number of hydrogen-bond donors (Lipinski definition) is 1. The number of fused-ring (bicyclic) bond motifs is 2. The third-order valence-electron chi connectivity index (χ3n) is 10.6. The van der Waals surface area contributed by atoms with Crippen LogP contribution in [-0.2, 0) is 40.7 Å². The Bertz CT molecular complexity index is 2220. The van der Waals surface area contributed by atoms with Crippen molar-refractivity contribution in [3.8, 4) is 0 Å². The molecule has 6 heterocycles. The number of rotatable bonds is 14. The topological polar surface area (TPSA) is 154 Å². The summed E-state index contributed by atoms with van der Waals surface area (Å²) in [6.07, 6.45) is 15.6. The fraction of sp³-hybridized carbons (Fsp3) is 0.475. The number of carbonyl (C=O) groups is 2. The molecule has 1 N–H and O–H groups in total. The third kappa shape index (κ3) is 10.9. The summed E-state index contributed by atoms with van der Waals surface area (Å²) in [5.74, 6) is 4.13. The number of hydrazine groups is 2. The number of Topliss-reactive ketones (excluding diaryl/α,β-unsaturated/α-hetero) is 2. The number of H-pyrrole nitrogens is 1. The molecule has 2 fully saturated rings. The molecular formula is C40H55N10O4S3W-. The van der Waals surface area contributed by atoms with Crippen molar-refractivity contribution in [2.24, 2.45) is 11.8 Å². The number of aryl methyl sites for hydroxylation is 1. The van der Waals surface area contributed by atoms with Crippen LogP contribution in [0, 0.1) is 26.2 Å². The quantitative estimate of drug-likeness (QED) is 0.127. The molecule has 1 aromatic carbocycles. The van der Waals surface area contributed by atoms with Gasteiger partial charge >= 0.3 is 0 Å². The number of piperidine rings is 2.